The van der Waals surface area contributed by atoms with Gasteiger partial charge in [-0.15, -0.1) is 0 Å². The monoisotopic (exact) mass is 366 g/mol. The molecule has 4 rings (SSSR count). The van der Waals surface area contributed by atoms with Crippen molar-refractivity contribution in [3.8, 4) is 5.88 Å². The molecule has 1 saturated carbocycles. The Hall–Kier alpha value is -2.89. The van der Waals surface area contributed by atoms with Gasteiger partial charge in [-0.3, -0.25) is 4.79 Å². The topological polar surface area (TPSA) is 79.7 Å². The molecule has 3 atom stereocenters. The number of likely N-dealkylation sites (tertiary alicyclic amines) is 1. The van der Waals surface area contributed by atoms with Gasteiger partial charge in [0, 0.05) is 18.8 Å². The predicted octanol–water partition coefficient (Wildman–Crippen LogP) is 2.99. The van der Waals surface area contributed by atoms with E-state index in [1.54, 1.807) is 12.1 Å². The van der Waals surface area contributed by atoms with E-state index in [2.05, 4.69) is 4.98 Å². The lowest BCUT2D eigenvalue weighted by Crippen LogP contribution is -2.43. The van der Waals surface area contributed by atoms with Gasteiger partial charge in [-0.1, -0.05) is 36.8 Å². The van der Waals surface area contributed by atoms with E-state index in [1.165, 1.54) is 11.1 Å². The second-order valence-corrected chi connectivity index (χ2v) is 7.25. The van der Waals surface area contributed by atoms with Gasteiger partial charge in [0.05, 0.1) is 5.56 Å². The number of aliphatic carboxylic acids is 1. The van der Waals surface area contributed by atoms with Crippen molar-refractivity contribution in [2.75, 3.05) is 6.54 Å². The van der Waals surface area contributed by atoms with Crippen LogP contribution in [0.3, 0.4) is 0 Å². The second kappa shape index (κ2) is 7.39. The van der Waals surface area contributed by atoms with Gasteiger partial charge in [-0.2, -0.15) is 0 Å². The molecule has 2 aromatic rings. The highest BCUT2D eigenvalue weighted by Crippen LogP contribution is 2.42. The highest BCUT2D eigenvalue weighted by atomic mass is 16.5. The highest BCUT2D eigenvalue weighted by molar-refractivity contribution is 5.97. The van der Waals surface area contributed by atoms with E-state index in [0.717, 1.165) is 24.8 Å². The molecule has 1 aliphatic carbocycles. The van der Waals surface area contributed by atoms with E-state index in [9.17, 15) is 14.7 Å². The number of carbonyl (C=O) groups is 2. The molecule has 1 N–H and O–H groups in total. The van der Waals surface area contributed by atoms with Crippen LogP contribution in [-0.2, 0) is 11.4 Å². The number of nitrogens with zero attached hydrogens (tertiary/aromatic N) is 2. The number of aromatic nitrogens is 1. The summed E-state index contributed by atoms with van der Waals surface area (Å²) in [6.45, 7) is 0.921. The summed E-state index contributed by atoms with van der Waals surface area (Å²) in [6.07, 6.45) is 4.41. The minimum atomic E-state index is -0.909. The first-order valence-corrected chi connectivity index (χ1v) is 9.30. The van der Waals surface area contributed by atoms with Crippen LogP contribution in [0.25, 0.3) is 0 Å². The molecule has 6 heteroatoms. The quantitative estimate of drug-likeness (QED) is 0.880. The number of pyridine rings is 1. The lowest BCUT2D eigenvalue weighted by Gasteiger charge is -2.24. The summed E-state index contributed by atoms with van der Waals surface area (Å²) in [5.41, 5.74) is 1.43. The van der Waals surface area contributed by atoms with Crippen molar-refractivity contribution >= 4 is 11.9 Å². The molecule has 1 amide bonds. The van der Waals surface area contributed by atoms with Crippen LogP contribution in [0.1, 0.15) is 35.2 Å². The molecule has 2 heterocycles. The van der Waals surface area contributed by atoms with Gasteiger partial charge in [-0.25, -0.2) is 9.78 Å². The molecule has 1 aromatic heterocycles. The molecular formula is C21H22N2O4. The summed E-state index contributed by atoms with van der Waals surface area (Å²) < 4.78 is 5.64. The molecule has 27 heavy (non-hydrogen) atoms. The Kier molecular flexibility index (Phi) is 4.79. The number of hydrogen-bond acceptors (Lipinski definition) is 4. The van der Waals surface area contributed by atoms with Crippen LogP contribution in [0, 0.1) is 11.8 Å². The van der Waals surface area contributed by atoms with Crippen LogP contribution >= 0.6 is 0 Å². The highest BCUT2D eigenvalue weighted by Gasteiger charge is 2.49. The Morgan fingerprint density at radius 2 is 1.96 bits per heavy atom. The second-order valence-electron chi connectivity index (χ2n) is 7.25. The van der Waals surface area contributed by atoms with Crippen LogP contribution in [0.5, 0.6) is 5.88 Å². The fourth-order valence-electron chi connectivity index (χ4n) is 4.32. The number of rotatable bonds is 5. The lowest BCUT2D eigenvalue weighted by atomic mass is 9.94. The van der Waals surface area contributed by atoms with E-state index >= 15 is 0 Å². The van der Waals surface area contributed by atoms with Crippen LogP contribution < -0.4 is 4.74 Å². The van der Waals surface area contributed by atoms with E-state index in [1.807, 2.05) is 30.3 Å². The first-order valence-electron chi connectivity index (χ1n) is 9.30. The Morgan fingerprint density at radius 3 is 2.67 bits per heavy atom. The SMILES string of the molecule is O=C(O)C1C2CCCC2CN1C(=O)c1ccc(OCc2ccccc2)nc1. The number of carboxylic acid groups (broad SMARTS) is 1. The molecule has 2 fully saturated rings. The van der Waals surface area contributed by atoms with Gasteiger partial charge in [0.2, 0.25) is 5.88 Å². The maximum absolute atomic E-state index is 12.9. The third-order valence-corrected chi connectivity index (χ3v) is 5.62. The Labute approximate surface area is 157 Å². The number of benzene rings is 1. The summed E-state index contributed by atoms with van der Waals surface area (Å²) in [6, 6.07) is 12.3. The first kappa shape index (κ1) is 17.5. The normalized spacial score (nSPS) is 23.9. The number of carbonyl (C=O) groups excluding carboxylic acids is 1. The van der Waals surface area contributed by atoms with Crippen LogP contribution in [-0.4, -0.2) is 39.5 Å². The fourth-order valence-corrected chi connectivity index (χ4v) is 4.32. The van der Waals surface area contributed by atoms with Crippen molar-refractivity contribution in [2.45, 2.75) is 31.9 Å². The number of hydrogen-bond donors (Lipinski definition) is 1. The van der Waals surface area contributed by atoms with Crippen molar-refractivity contribution in [3.63, 3.8) is 0 Å². The minimum Gasteiger partial charge on any atom is -0.480 e. The zero-order valence-corrected chi connectivity index (χ0v) is 15.0. The van der Waals surface area contributed by atoms with Gasteiger partial charge in [0.1, 0.15) is 12.6 Å². The average molecular weight is 366 g/mol. The smallest absolute Gasteiger partial charge is 0.326 e. The van der Waals surface area contributed by atoms with Gasteiger partial charge in [-0.05, 0) is 36.3 Å². The zero-order chi connectivity index (χ0) is 18.8. The molecule has 1 saturated heterocycles. The molecule has 0 radical (unpaired) electrons. The van der Waals surface area contributed by atoms with Crippen molar-refractivity contribution in [1.82, 2.24) is 9.88 Å². The molecular weight excluding hydrogens is 344 g/mol. The van der Waals surface area contributed by atoms with Gasteiger partial charge < -0.3 is 14.7 Å². The Balaban J connectivity index is 1.44. The number of amides is 1. The molecule has 6 nitrogen and oxygen atoms in total. The Morgan fingerprint density at radius 1 is 1.15 bits per heavy atom. The maximum atomic E-state index is 12.9. The van der Waals surface area contributed by atoms with Gasteiger partial charge in [0.25, 0.3) is 5.91 Å². The van der Waals surface area contributed by atoms with E-state index in [0.29, 0.717) is 30.5 Å². The third-order valence-electron chi connectivity index (χ3n) is 5.62. The Bertz CT molecular complexity index is 822. The summed E-state index contributed by atoms with van der Waals surface area (Å²) >= 11 is 0. The molecule has 2 aliphatic rings. The first-order chi connectivity index (χ1) is 13.1. The third kappa shape index (κ3) is 3.52. The van der Waals surface area contributed by atoms with E-state index in [-0.39, 0.29) is 11.8 Å². The van der Waals surface area contributed by atoms with Crippen LogP contribution in [0.4, 0.5) is 0 Å². The van der Waals surface area contributed by atoms with Gasteiger partial charge >= 0.3 is 5.97 Å². The molecule has 0 spiro atoms. The molecule has 140 valence electrons. The van der Waals surface area contributed by atoms with Crippen molar-refractivity contribution in [1.29, 1.82) is 0 Å². The van der Waals surface area contributed by atoms with Crippen molar-refractivity contribution in [3.05, 3.63) is 59.8 Å². The molecule has 1 aromatic carbocycles. The van der Waals surface area contributed by atoms with Crippen LogP contribution in [0.2, 0.25) is 0 Å². The average Bonchev–Trinajstić information content (AvgIpc) is 3.28. The largest absolute Gasteiger partial charge is 0.480 e. The predicted molar refractivity (Wildman–Crippen MR) is 98.3 cm³/mol. The summed E-state index contributed by atoms with van der Waals surface area (Å²) in [5, 5.41) is 9.62. The zero-order valence-electron chi connectivity index (χ0n) is 15.0. The number of fused-ring (bicyclic) bond motifs is 1. The summed E-state index contributed by atoms with van der Waals surface area (Å²) in [4.78, 5) is 30.3. The van der Waals surface area contributed by atoms with Crippen molar-refractivity contribution < 1.29 is 19.4 Å². The number of ether oxygens (including phenoxy) is 1. The molecule has 0 bridgehead atoms. The minimum absolute atomic E-state index is 0.0767. The molecule has 3 unspecified atom stereocenters. The fraction of sp³-hybridized carbons (Fsp3) is 0.381. The maximum Gasteiger partial charge on any atom is 0.326 e. The van der Waals surface area contributed by atoms with E-state index < -0.39 is 12.0 Å². The van der Waals surface area contributed by atoms with Crippen LogP contribution in [0.15, 0.2) is 48.7 Å². The lowest BCUT2D eigenvalue weighted by molar-refractivity contribution is -0.142. The summed E-state index contributed by atoms with van der Waals surface area (Å²) in [5.74, 6) is -0.361. The van der Waals surface area contributed by atoms with Gasteiger partial charge in [0.15, 0.2) is 0 Å². The van der Waals surface area contributed by atoms with E-state index in [4.69, 9.17) is 4.74 Å². The molecule has 1 aliphatic heterocycles. The standard InChI is InChI=1S/C21H22N2O4/c24-20(23-12-16-7-4-8-17(16)19(23)21(25)26)15-9-10-18(22-11-15)27-13-14-5-2-1-3-6-14/h1-3,5-6,9-11,16-17,19H,4,7-8,12-13H2,(H,25,26). The van der Waals surface area contributed by atoms with Crippen molar-refractivity contribution in [2.24, 2.45) is 11.8 Å². The number of carboxylic acids is 1. The summed E-state index contributed by atoms with van der Waals surface area (Å²) in [7, 11) is 0.